The van der Waals surface area contributed by atoms with E-state index in [4.69, 9.17) is 4.74 Å². The van der Waals surface area contributed by atoms with Crippen molar-refractivity contribution in [3.8, 4) is 0 Å². The largest absolute Gasteiger partial charge is 0.383 e. The second-order valence-electron chi connectivity index (χ2n) is 5.32. The first kappa shape index (κ1) is 18.1. The molecule has 1 N–H and O–H groups in total. The van der Waals surface area contributed by atoms with Crippen LogP contribution >= 0.6 is 0 Å². The van der Waals surface area contributed by atoms with Crippen molar-refractivity contribution in [2.75, 3.05) is 27.3 Å². The van der Waals surface area contributed by atoms with Crippen LogP contribution in [0.1, 0.15) is 25.0 Å². The maximum absolute atomic E-state index is 12.8. The molecule has 1 aromatic carbocycles. The molecule has 0 fully saturated rings. The summed E-state index contributed by atoms with van der Waals surface area (Å²) in [6, 6.07) is 5.17. The van der Waals surface area contributed by atoms with E-state index in [1.807, 2.05) is 33.9 Å². The molecule has 0 unspecified atom stereocenters. The predicted octanol–water partition coefficient (Wildman–Crippen LogP) is 1.76. The van der Waals surface area contributed by atoms with E-state index in [-0.39, 0.29) is 6.04 Å². The maximum Gasteiger partial charge on any atom is 0.243 e. The zero-order valence-corrected chi connectivity index (χ0v) is 14.3. The standard InChI is InChI=1S/C15H26N2O3S/c1-12(2)17(8-9-20-5)21(18,19)15-7-6-13(3)14(10-15)11-16-4/h6-7,10,12,16H,8-9,11H2,1-5H3. The molecule has 21 heavy (non-hydrogen) atoms. The molecular formula is C15H26N2O3S. The molecule has 0 aliphatic rings. The van der Waals surface area contributed by atoms with E-state index in [0.29, 0.717) is 24.6 Å². The minimum absolute atomic E-state index is 0.112. The first-order valence-electron chi connectivity index (χ1n) is 7.09. The lowest BCUT2D eigenvalue weighted by atomic mass is 10.1. The van der Waals surface area contributed by atoms with Gasteiger partial charge in [0.25, 0.3) is 0 Å². The molecule has 6 heteroatoms. The summed E-state index contributed by atoms with van der Waals surface area (Å²) in [5.41, 5.74) is 2.07. The van der Waals surface area contributed by atoms with E-state index < -0.39 is 10.0 Å². The average molecular weight is 314 g/mol. The third kappa shape index (κ3) is 4.51. The van der Waals surface area contributed by atoms with Gasteiger partial charge in [0.1, 0.15) is 0 Å². The molecule has 0 spiro atoms. The number of benzene rings is 1. The summed E-state index contributed by atoms with van der Waals surface area (Å²) in [5.74, 6) is 0. The Balaban J connectivity index is 3.18. The molecule has 0 bridgehead atoms. The van der Waals surface area contributed by atoms with Gasteiger partial charge in [-0.25, -0.2) is 8.42 Å². The Morgan fingerprint density at radius 1 is 1.33 bits per heavy atom. The Morgan fingerprint density at radius 2 is 2.00 bits per heavy atom. The molecule has 0 radical (unpaired) electrons. The molecule has 0 aromatic heterocycles. The highest BCUT2D eigenvalue weighted by Crippen LogP contribution is 2.21. The summed E-state index contributed by atoms with van der Waals surface area (Å²) in [7, 11) is -0.0863. The third-order valence-electron chi connectivity index (χ3n) is 3.39. The number of ether oxygens (including phenoxy) is 1. The van der Waals surface area contributed by atoms with Crippen LogP contribution in [0.15, 0.2) is 23.1 Å². The van der Waals surface area contributed by atoms with E-state index >= 15 is 0 Å². The van der Waals surface area contributed by atoms with Crippen LogP contribution in [0.3, 0.4) is 0 Å². The van der Waals surface area contributed by atoms with Gasteiger partial charge in [-0.15, -0.1) is 0 Å². The number of methoxy groups -OCH3 is 1. The van der Waals surface area contributed by atoms with Crippen molar-refractivity contribution < 1.29 is 13.2 Å². The van der Waals surface area contributed by atoms with Crippen molar-refractivity contribution in [1.29, 1.82) is 0 Å². The molecule has 5 nitrogen and oxygen atoms in total. The number of nitrogens with zero attached hydrogens (tertiary/aromatic N) is 1. The average Bonchev–Trinajstić information content (AvgIpc) is 2.41. The topological polar surface area (TPSA) is 58.6 Å². The fourth-order valence-corrected chi connectivity index (χ4v) is 3.83. The number of hydrogen-bond acceptors (Lipinski definition) is 4. The number of nitrogens with one attached hydrogen (secondary N) is 1. The normalized spacial score (nSPS) is 12.3. The molecule has 0 saturated carbocycles. The van der Waals surface area contributed by atoms with Gasteiger partial charge in [0, 0.05) is 26.2 Å². The van der Waals surface area contributed by atoms with Crippen LogP contribution < -0.4 is 5.32 Å². The zero-order valence-electron chi connectivity index (χ0n) is 13.5. The van der Waals surface area contributed by atoms with Gasteiger partial charge in [-0.05, 0) is 51.1 Å². The number of aryl methyl sites for hydroxylation is 1. The molecule has 1 aromatic rings. The molecule has 0 heterocycles. The molecule has 0 aliphatic carbocycles. The summed E-state index contributed by atoms with van der Waals surface area (Å²) in [5, 5.41) is 3.06. The van der Waals surface area contributed by atoms with Gasteiger partial charge >= 0.3 is 0 Å². The highest BCUT2D eigenvalue weighted by atomic mass is 32.2. The van der Waals surface area contributed by atoms with Crippen LogP contribution in [0.5, 0.6) is 0 Å². The second kappa shape index (κ2) is 7.89. The molecular weight excluding hydrogens is 288 g/mol. The number of rotatable bonds is 8. The maximum atomic E-state index is 12.8. The van der Waals surface area contributed by atoms with E-state index in [1.165, 1.54) is 4.31 Å². The Labute approximate surface area is 128 Å². The minimum atomic E-state index is -3.50. The fraction of sp³-hybridized carbons (Fsp3) is 0.600. The smallest absolute Gasteiger partial charge is 0.243 e. The fourth-order valence-electron chi connectivity index (χ4n) is 2.16. The lowest BCUT2D eigenvalue weighted by Crippen LogP contribution is -2.39. The molecule has 1 rings (SSSR count). The molecule has 0 aliphatic heterocycles. The second-order valence-corrected chi connectivity index (χ2v) is 7.21. The van der Waals surface area contributed by atoms with Crippen LogP contribution in [-0.2, 0) is 21.3 Å². The summed E-state index contributed by atoms with van der Waals surface area (Å²) in [6.07, 6.45) is 0. The van der Waals surface area contributed by atoms with Gasteiger partial charge in [0.15, 0.2) is 0 Å². The summed E-state index contributed by atoms with van der Waals surface area (Å²) < 4.78 is 32.1. The predicted molar refractivity (Wildman–Crippen MR) is 84.8 cm³/mol. The Kier molecular flexibility index (Phi) is 6.80. The Hall–Kier alpha value is -0.950. The van der Waals surface area contributed by atoms with Gasteiger partial charge in [-0.2, -0.15) is 4.31 Å². The van der Waals surface area contributed by atoms with Crippen LogP contribution in [0.4, 0.5) is 0 Å². The third-order valence-corrected chi connectivity index (χ3v) is 5.46. The number of hydrogen-bond donors (Lipinski definition) is 1. The zero-order chi connectivity index (χ0) is 16.0. The first-order valence-corrected chi connectivity index (χ1v) is 8.53. The summed E-state index contributed by atoms with van der Waals surface area (Å²) in [6.45, 7) is 7.10. The Bertz CT molecular complexity index is 556. The van der Waals surface area contributed by atoms with Crippen molar-refractivity contribution in [2.24, 2.45) is 0 Å². The van der Waals surface area contributed by atoms with Crippen LogP contribution in [0.25, 0.3) is 0 Å². The SMILES string of the molecule is CNCc1cc(S(=O)(=O)N(CCOC)C(C)C)ccc1C. The first-order chi connectivity index (χ1) is 9.84. The van der Waals surface area contributed by atoms with Crippen molar-refractivity contribution >= 4 is 10.0 Å². The molecule has 0 amide bonds. The lowest BCUT2D eigenvalue weighted by molar-refractivity contribution is 0.171. The van der Waals surface area contributed by atoms with Crippen molar-refractivity contribution in [3.63, 3.8) is 0 Å². The molecule has 0 atom stereocenters. The summed E-state index contributed by atoms with van der Waals surface area (Å²) in [4.78, 5) is 0.336. The van der Waals surface area contributed by atoms with E-state index in [1.54, 1.807) is 19.2 Å². The highest BCUT2D eigenvalue weighted by Gasteiger charge is 2.27. The van der Waals surface area contributed by atoms with Gasteiger partial charge in [-0.3, -0.25) is 0 Å². The molecule has 0 saturated heterocycles. The van der Waals surface area contributed by atoms with Crippen LogP contribution in [-0.4, -0.2) is 46.1 Å². The van der Waals surface area contributed by atoms with Crippen molar-refractivity contribution in [2.45, 2.75) is 38.3 Å². The quantitative estimate of drug-likeness (QED) is 0.794. The summed E-state index contributed by atoms with van der Waals surface area (Å²) >= 11 is 0. The highest BCUT2D eigenvalue weighted by molar-refractivity contribution is 7.89. The van der Waals surface area contributed by atoms with Crippen LogP contribution in [0, 0.1) is 6.92 Å². The van der Waals surface area contributed by atoms with E-state index in [0.717, 1.165) is 11.1 Å². The number of sulfonamides is 1. The Morgan fingerprint density at radius 3 is 2.52 bits per heavy atom. The molecule has 120 valence electrons. The van der Waals surface area contributed by atoms with Gasteiger partial charge in [0.2, 0.25) is 10.0 Å². The van der Waals surface area contributed by atoms with E-state index in [2.05, 4.69) is 5.32 Å². The van der Waals surface area contributed by atoms with Crippen molar-refractivity contribution in [3.05, 3.63) is 29.3 Å². The van der Waals surface area contributed by atoms with Gasteiger partial charge in [0.05, 0.1) is 11.5 Å². The van der Waals surface area contributed by atoms with Crippen LogP contribution in [0.2, 0.25) is 0 Å². The minimum Gasteiger partial charge on any atom is -0.383 e. The lowest BCUT2D eigenvalue weighted by Gasteiger charge is -2.26. The monoisotopic (exact) mass is 314 g/mol. The van der Waals surface area contributed by atoms with Gasteiger partial charge in [-0.1, -0.05) is 6.07 Å². The van der Waals surface area contributed by atoms with Crippen molar-refractivity contribution in [1.82, 2.24) is 9.62 Å². The van der Waals surface area contributed by atoms with Gasteiger partial charge < -0.3 is 10.1 Å². The van der Waals surface area contributed by atoms with E-state index in [9.17, 15) is 8.42 Å².